The first-order chi connectivity index (χ1) is 8.99. The van der Waals surface area contributed by atoms with Gasteiger partial charge in [0.2, 0.25) is 5.91 Å². The molecule has 0 aliphatic rings. The summed E-state index contributed by atoms with van der Waals surface area (Å²) in [6.45, 7) is 6.21. The fourth-order valence-corrected chi connectivity index (χ4v) is 2.18. The zero-order chi connectivity index (χ0) is 14.5. The lowest BCUT2D eigenvalue weighted by Crippen LogP contribution is -2.46. The quantitative estimate of drug-likeness (QED) is 0.738. The number of phenols is 1. The highest BCUT2D eigenvalue weighted by molar-refractivity contribution is 5.83. The van der Waals surface area contributed by atoms with Crippen LogP contribution in [0.15, 0.2) is 24.3 Å². The minimum absolute atomic E-state index is 0.0177. The summed E-state index contributed by atoms with van der Waals surface area (Å²) in [5.74, 6) is 0.186. The lowest BCUT2D eigenvalue weighted by atomic mass is 9.81. The summed E-state index contributed by atoms with van der Waals surface area (Å²) in [7, 11) is 0. The van der Waals surface area contributed by atoms with E-state index < -0.39 is 5.41 Å². The molecular weight excluding hydrogens is 240 g/mol. The predicted molar refractivity (Wildman–Crippen MR) is 76.7 cm³/mol. The van der Waals surface area contributed by atoms with Gasteiger partial charge in [0, 0.05) is 6.54 Å². The fourth-order valence-electron chi connectivity index (χ4n) is 2.18. The molecule has 0 heterocycles. The summed E-state index contributed by atoms with van der Waals surface area (Å²) in [4.78, 5) is 12.4. The molecule has 1 aromatic carbocycles. The number of aromatic hydroxyl groups is 1. The number of carbonyl (C=O) groups excluding carboxylic acids is 1. The minimum atomic E-state index is -0.495. The van der Waals surface area contributed by atoms with Crippen molar-refractivity contribution in [3.63, 3.8) is 0 Å². The Morgan fingerprint density at radius 1 is 1.42 bits per heavy atom. The van der Waals surface area contributed by atoms with Crippen LogP contribution in [0.2, 0.25) is 0 Å². The van der Waals surface area contributed by atoms with Gasteiger partial charge in [-0.25, -0.2) is 0 Å². The van der Waals surface area contributed by atoms with Gasteiger partial charge in [-0.1, -0.05) is 26.0 Å². The Balaban J connectivity index is 2.81. The van der Waals surface area contributed by atoms with E-state index >= 15 is 0 Å². The molecule has 0 aliphatic carbocycles. The highest BCUT2D eigenvalue weighted by atomic mass is 16.3. The van der Waals surface area contributed by atoms with Gasteiger partial charge < -0.3 is 16.2 Å². The maximum Gasteiger partial charge on any atom is 0.227 e. The number of phenolic OH excluding ortho intramolecular Hbond substituents is 1. The van der Waals surface area contributed by atoms with Crippen LogP contribution in [0.3, 0.4) is 0 Å². The Bertz CT molecular complexity index is 420. The minimum Gasteiger partial charge on any atom is -0.508 e. The topological polar surface area (TPSA) is 75.4 Å². The van der Waals surface area contributed by atoms with Crippen molar-refractivity contribution in [2.75, 3.05) is 6.54 Å². The molecule has 19 heavy (non-hydrogen) atoms. The summed E-state index contributed by atoms with van der Waals surface area (Å²) in [6.07, 6.45) is 1.44. The van der Waals surface area contributed by atoms with Gasteiger partial charge in [0.25, 0.3) is 0 Å². The first kappa shape index (κ1) is 15.5. The molecule has 4 heteroatoms. The average molecular weight is 264 g/mol. The third-order valence-corrected chi connectivity index (χ3v) is 3.94. The summed E-state index contributed by atoms with van der Waals surface area (Å²) < 4.78 is 0. The second-order valence-electron chi connectivity index (χ2n) is 4.98. The zero-order valence-corrected chi connectivity index (χ0v) is 11.9. The van der Waals surface area contributed by atoms with Crippen molar-refractivity contribution < 1.29 is 9.90 Å². The molecule has 0 aromatic heterocycles. The number of hydrogen-bond acceptors (Lipinski definition) is 3. The van der Waals surface area contributed by atoms with Crippen molar-refractivity contribution in [3.05, 3.63) is 29.8 Å². The second-order valence-corrected chi connectivity index (χ2v) is 4.98. The first-order valence-electron chi connectivity index (χ1n) is 6.79. The van der Waals surface area contributed by atoms with Gasteiger partial charge in [-0.2, -0.15) is 0 Å². The molecule has 1 unspecified atom stereocenters. The Kier molecular flexibility index (Phi) is 5.36. The molecule has 0 aliphatic heterocycles. The van der Waals surface area contributed by atoms with Crippen LogP contribution in [0.1, 0.15) is 45.2 Å². The van der Waals surface area contributed by atoms with Crippen LogP contribution in [-0.4, -0.2) is 17.6 Å². The van der Waals surface area contributed by atoms with Crippen molar-refractivity contribution in [2.45, 2.75) is 39.7 Å². The molecule has 106 valence electrons. The van der Waals surface area contributed by atoms with Crippen LogP contribution in [0.25, 0.3) is 0 Å². The van der Waals surface area contributed by atoms with Crippen LogP contribution < -0.4 is 11.1 Å². The van der Waals surface area contributed by atoms with E-state index in [1.54, 1.807) is 18.2 Å². The molecule has 1 rings (SSSR count). The third kappa shape index (κ3) is 3.47. The number of nitrogens with two attached hydrogens (primary N) is 1. The van der Waals surface area contributed by atoms with E-state index in [-0.39, 0.29) is 17.7 Å². The van der Waals surface area contributed by atoms with Crippen LogP contribution >= 0.6 is 0 Å². The molecule has 0 radical (unpaired) electrons. The molecular formula is C15H24N2O2. The number of nitrogens with one attached hydrogen (secondary N) is 1. The lowest BCUT2D eigenvalue weighted by molar-refractivity contribution is -0.131. The molecule has 1 amide bonds. The van der Waals surface area contributed by atoms with Gasteiger partial charge in [-0.3, -0.25) is 4.79 Å². The van der Waals surface area contributed by atoms with E-state index in [2.05, 4.69) is 5.32 Å². The molecule has 4 N–H and O–H groups in total. The molecule has 4 nitrogen and oxygen atoms in total. The molecule has 0 saturated heterocycles. The largest absolute Gasteiger partial charge is 0.508 e. The van der Waals surface area contributed by atoms with Gasteiger partial charge in [-0.05, 0) is 37.5 Å². The van der Waals surface area contributed by atoms with Crippen molar-refractivity contribution in [3.8, 4) is 5.75 Å². The van der Waals surface area contributed by atoms with Gasteiger partial charge in [-0.15, -0.1) is 0 Å². The maximum atomic E-state index is 12.4. The van der Waals surface area contributed by atoms with E-state index in [1.807, 2.05) is 26.8 Å². The number of carbonyl (C=O) groups is 1. The molecule has 0 fully saturated rings. The highest BCUT2D eigenvalue weighted by Crippen LogP contribution is 2.27. The molecule has 0 bridgehead atoms. The van der Waals surface area contributed by atoms with Crippen molar-refractivity contribution in [1.29, 1.82) is 0 Å². The SMILES string of the molecule is CCC(CC)(CN)C(=O)NC(C)c1cccc(O)c1. The summed E-state index contributed by atoms with van der Waals surface area (Å²) in [5.41, 5.74) is 6.15. The monoisotopic (exact) mass is 264 g/mol. The molecule has 1 atom stereocenters. The van der Waals surface area contributed by atoms with Gasteiger partial charge in [0.05, 0.1) is 11.5 Å². The standard InChI is InChI=1S/C15H24N2O2/c1-4-15(5-2,10-16)14(19)17-11(3)12-7-6-8-13(18)9-12/h6-9,11,18H,4-5,10,16H2,1-3H3,(H,17,19). The second kappa shape index (κ2) is 6.57. The predicted octanol–water partition coefficient (Wildman–Crippen LogP) is 2.33. The fraction of sp³-hybridized carbons (Fsp3) is 0.533. The normalized spacial score (nSPS) is 13.1. The zero-order valence-electron chi connectivity index (χ0n) is 11.9. The molecule has 0 spiro atoms. The lowest BCUT2D eigenvalue weighted by Gasteiger charge is -2.30. The van der Waals surface area contributed by atoms with Crippen molar-refractivity contribution in [1.82, 2.24) is 5.32 Å². The van der Waals surface area contributed by atoms with Crippen LogP contribution in [0.4, 0.5) is 0 Å². The van der Waals surface area contributed by atoms with Crippen LogP contribution in [0, 0.1) is 5.41 Å². The van der Waals surface area contributed by atoms with E-state index in [1.165, 1.54) is 0 Å². The van der Waals surface area contributed by atoms with Gasteiger partial charge >= 0.3 is 0 Å². The number of hydrogen-bond donors (Lipinski definition) is 3. The Hall–Kier alpha value is -1.55. The van der Waals surface area contributed by atoms with Gasteiger partial charge in [0.15, 0.2) is 0 Å². The summed E-state index contributed by atoms with van der Waals surface area (Å²) in [5, 5.41) is 12.4. The van der Waals surface area contributed by atoms with E-state index in [4.69, 9.17) is 5.73 Å². The Morgan fingerprint density at radius 3 is 2.53 bits per heavy atom. The van der Waals surface area contributed by atoms with E-state index in [0.717, 1.165) is 18.4 Å². The van der Waals surface area contributed by atoms with E-state index in [9.17, 15) is 9.90 Å². The van der Waals surface area contributed by atoms with E-state index in [0.29, 0.717) is 6.54 Å². The van der Waals surface area contributed by atoms with Crippen molar-refractivity contribution in [2.24, 2.45) is 11.1 Å². The summed E-state index contributed by atoms with van der Waals surface area (Å²) >= 11 is 0. The number of rotatable bonds is 6. The van der Waals surface area contributed by atoms with Gasteiger partial charge in [0.1, 0.15) is 5.75 Å². The maximum absolute atomic E-state index is 12.4. The van der Waals surface area contributed by atoms with Crippen LogP contribution in [-0.2, 0) is 4.79 Å². The molecule has 0 saturated carbocycles. The first-order valence-corrected chi connectivity index (χ1v) is 6.79. The molecule has 1 aromatic rings. The Labute approximate surface area is 115 Å². The highest BCUT2D eigenvalue weighted by Gasteiger charge is 2.33. The summed E-state index contributed by atoms with van der Waals surface area (Å²) in [6, 6.07) is 6.77. The number of amides is 1. The Morgan fingerprint density at radius 2 is 2.05 bits per heavy atom. The third-order valence-electron chi connectivity index (χ3n) is 3.94. The number of benzene rings is 1. The average Bonchev–Trinajstić information content (AvgIpc) is 2.41. The van der Waals surface area contributed by atoms with Crippen molar-refractivity contribution >= 4 is 5.91 Å². The smallest absolute Gasteiger partial charge is 0.227 e. The van der Waals surface area contributed by atoms with Crippen LogP contribution in [0.5, 0.6) is 5.75 Å².